The van der Waals surface area contributed by atoms with E-state index in [1.165, 1.54) is 31.3 Å². The van der Waals surface area contributed by atoms with Gasteiger partial charge in [-0.05, 0) is 36.6 Å². The number of fused-ring (bicyclic) bond motifs is 1. The number of benzene rings is 1. The van der Waals surface area contributed by atoms with Crippen LogP contribution in [-0.4, -0.2) is 18.7 Å². The molecule has 0 radical (unpaired) electrons. The lowest BCUT2D eigenvalue weighted by molar-refractivity contribution is 0.532. The molecule has 1 aromatic carbocycles. The largest absolute Gasteiger partial charge is 0.383 e. The van der Waals surface area contributed by atoms with E-state index in [2.05, 4.69) is 19.3 Å². The fraction of sp³-hybridized carbons (Fsp3) is 0.238. The van der Waals surface area contributed by atoms with E-state index in [4.69, 9.17) is 28.9 Å². The molecule has 3 heterocycles. The van der Waals surface area contributed by atoms with Crippen LogP contribution in [0.4, 0.5) is 15.9 Å². The summed E-state index contributed by atoms with van der Waals surface area (Å²) in [5.74, 6) is -0.195. The zero-order valence-electron chi connectivity index (χ0n) is 16.6. The molecule has 0 aliphatic heterocycles. The number of rotatable bonds is 5. The maximum absolute atomic E-state index is 15.0. The monoisotopic (exact) mass is 509 g/mol. The molecular formula is C21H18Cl2FN5OS2. The Kier molecular flexibility index (Phi) is 5.83. The number of anilines is 2. The average Bonchev–Trinajstić information content (AvgIpc) is 3.48. The zero-order valence-corrected chi connectivity index (χ0v) is 19.8. The molecule has 0 spiro atoms. The van der Waals surface area contributed by atoms with Gasteiger partial charge in [0.25, 0.3) is 0 Å². The Bertz CT molecular complexity index is 1350. The molecule has 1 aliphatic carbocycles. The molecule has 166 valence electrons. The van der Waals surface area contributed by atoms with E-state index in [-0.39, 0.29) is 5.69 Å². The summed E-state index contributed by atoms with van der Waals surface area (Å²) in [5, 5.41) is 0.711. The van der Waals surface area contributed by atoms with Crippen molar-refractivity contribution in [1.29, 1.82) is 0 Å². The van der Waals surface area contributed by atoms with E-state index in [9.17, 15) is 4.21 Å². The summed E-state index contributed by atoms with van der Waals surface area (Å²) in [6.07, 6.45) is 7.94. The second kappa shape index (κ2) is 8.62. The maximum atomic E-state index is 15.0. The van der Waals surface area contributed by atoms with E-state index in [0.717, 1.165) is 35.4 Å². The molecule has 1 atom stereocenters. The van der Waals surface area contributed by atoms with Crippen LogP contribution in [0, 0.1) is 5.82 Å². The summed E-state index contributed by atoms with van der Waals surface area (Å²) in [6, 6.07) is 6.54. The lowest BCUT2D eigenvalue weighted by atomic mass is 10.1. The standard InChI is InChI=1S/C21H18Cl2FN5OS2/c22-17-8-16(19(23)31-17)32(30)28-15-6-5-11(7-14(15)24)13-9-29(12-3-1-2-4-12)21-18(13)20(25)26-10-27-21/h5-10,12,28H,1-4H2,(H2,25,26,27). The lowest BCUT2D eigenvalue weighted by Gasteiger charge is -2.12. The third kappa shape index (κ3) is 3.87. The van der Waals surface area contributed by atoms with Gasteiger partial charge < -0.3 is 10.3 Å². The van der Waals surface area contributed by atoms with Crippen LogP contribution in [0.5, 0.6) is 0 Å². The third-order valence-electron chi connectivity index (χ3n) is 5.66. The van der Waals surface area contributed by atoms with Crippen molar-refractivity contribution in [3.63, 3.8) is 0 Å². The molecule has 0 bridgehead atoms. The maximum Gasteiger partial charge on any atom is 0.152 e. The quantitative estimate of drug-likeness (QED) is 0.324. The van der Waals surface area contributed by atoms with Crippen molar-refractivity contribution in [2.45, 2.75) is 36.6 Å². The first kappa shape index (κ1) is 21.6. The summed E-state index contributed by atoms with van der Waals surface area (Å²) in [5.41, 5.74) is 8.44. The van der Waals surface area contributed by atoms with Crippen LogP contribution in [0.15, 0.2) is 41.7 Å². The molecule has 1 aliphatic rings. The molecule has 3 N–H and O–H groups in total. The minimum absolute atomic E-state index is 0.0919. The molecule has 4 aromatic rings. The predicted octanol–water partition coefficient (Wildman–Crippen LogP) is 6.44. The Morgan fingerprint density at radius 2 is 2.00 bits per heavy atom. The lowest BCUT2D eigenvalue weighted by Crippen LogP contribution is -2.06. The van der Waals surface area contributed by atoms with Crippen LogP contribution >= 0.6 is 34.5 Å². The molecule has 6 nitrogen and oxygen atoms in total. The number of thiophene rings is 1. The number of hydrogen-bond donors (Lipinski definition) is 2. The van der Waals surface area contributed by atoms with E-state index in [1.807, 2.05) is 6.20 Å². The first-order valence-corrected chi connectivity index (χ1v) is 12.7. The van der Waals surface area contributed by atoms with Crippen molar-refractivity contribution < 1.29 is 8.60 Å². The van der Waals surface area contributed by atoms with Gasteiger partial charge in [-0.15, -0.1) is 11.3 Å². The first-order chi connectivity index (χ1) is 15.4. The van der Waals surface area contributed by atoms with E-state index in [1.54, 1.807) is 12.1 Å². The molecule has 1 fully saturated rings. The van der Waals surface area contributed by atoms with Gasteiger partial charge in [0, 0.05) is 17.8 Å². The third-order valence-corrected chi connectivity index (χ3v) is 8.52. The van der Waals surface area contributed by atoms with Gasteiger partial charge in [0.1, 0.15) is 27.9 Å². The van der Waals surface area contributed by atoms with Crippen molar-refractivity contribution in [2.75, 3.05) is 10.5 Å². The predicted molar refractivity (Wildman–Crippen MR) is 129 cm³/mol. The Morgan fingerprint density at radius 1 is 1.22 bits per heavy atom. The number of nitrogens with one attached hydrogen (secondary N) is 1. The van der Waals surface area contributed by atoms with Gasteiger partial charge in [-0.3, -0.25) is 4.72 Å². The van der Waals surface area contributed by atoms with E-state index in [0.29, 0.717) is 36.4 Å². The SMILES string of the molecule is Nc1ncnc2c1c(-c1ccc(NS(=O)c3cc(Cl)sc3Cl)c(F)c1)cn2C1CCCC1. The Morgan fingerprint density at radius 3 is 2.69 bits per heavy atom. The van der Waals surface area contributed by atoms with Gasteiger partial charge in [-0.25, -0.2) is 18.6 Å². The van der Waals surface area contributed by atoms with Gasteiger partial charge in [-0.1, -0.05) is 42.1 Å². The molecule has 3 aromatic heterocycles. The van der Waals surface area contributed by atoms with Crippen LogP contribution in [0.2, 0.25) is 8.67 Å². The number of nitrogens with zero attached hydrogens (tertiary/aromatic N) is 3. The Hall–Kier alpha value is -2.20. The van der Waals surface area contributed by atoms with Gasteiger partial charge >= 0.3 is 0 Å². The summed E-state index contributed by atoms with van der Waals surface area (Å²) in [4.78, 5) is 8.91. The minimum atomic E-state index is -1.75. The number of aromatic nitrogens is 3. The van der Waals surface area contributed by atoms with Crippen molar-refractivity contribution >= 4 is 68.1 Å². The normalized spacial score (nSPS) is 15.5. The minimum Gasteiger partial charge on any atom is -0.383 e. The highest BCUT2D eigenvalue weighted by molar-refractivity contribution is 7.86. The van der Waals surface area contributed by atoms with Gasteiger partial charge in [-0.2, -0.15) is 0 Å². The molecule has 11 heteroatoms. The van der Waals surface area contributed by atoms with Crippen LogP contribution < -0.4 is 10.5 Å². The Labute approximate surface area is 200 Å². The highest BCUT2D eigenvalue weighted by Gasteiger charge is 2.23. The molecular weight excluding hydrogens is 492 g/mol. The second-order valence-corrected chi connectivity index (χ2v) is 11.1. The number of halogens is 3. The fourth-order valence-corrected chi connectivity index (χ4v) is 6.98. The number of nitrogen functional groups attached to an aromatic ring is 1. The molecule has 1 saturated carbocycles. The highest BCUT2D eigenvalue weighted by atomic mass is 35.5. The topological polar surface area (TPSA) is 85.8 Å². The first-order valence-electron chi connectivity index (χ1n) is 9.96. The van der Waals surface area contributed by atoms with Gasteiger partial charge in [0.2, 0.25) is 0 Å². The molecule has 32 heavy (non-hydrogen) atoms. The summed E-state index contributed by atoms with van der Waals surface area (Å²) in [6.45, 7) is 0. The van der Waals surface area contributed by atoms with Crippen LogP contribution in [-0.2, 0) is 11.0 Å². The molecule has 0 saturated heterocycles. The van der Waals surface area contributed by atoms with Crippen molar-refractivity contribution in [3.05, 3.63) is 51.3 Å². The molecule has 0 amide bonds. The zero-order chi connectivity index (χ0) is 22.4. The van der Waals surface area contributed by atoms with Crippen molar-refractivity contribution in [2.24, 2.45) is 0 Å². The van der Waals surface area contributed by atoms with Gasteiger partial charge in [0.15, 0.2) is 11.0 Å². The van der Waals surface area contributed by atoms with Gasteiger partial charge in [0.05, 0.1) is 20.3 Å². The fourth-order valence-electron chi connectivity index (χ4n) is 4.16. The summed E-state index contributed by atoms with van der Waals surface area (Å²) >= 11 is 13.1. The number of hydrogen-bond acceptors (Lipinski definition) is 5. The second-order valence-electron chi connectivity index (χ2n) is 7.60. The smallest absolute Gasteiger partial charge is 0.152 e. The van der Waals surface area contributed by atoms with Crippen LogP contribution in [0.25, 0.3) is 22.2 Å². The van der Waals surface area contributed by atoms with E-state index < -0.39 is 16.8 Å². The average molecular weight is 510 g/mol. The Balaban J connectivity index is 1.51. The highest BCUT2D eigenvalue weighted by Crippen LogP contribution is 2.39. The summed E-state index contributed by atoms with van der Waals surface area (Å²) in [7, 11) is -1.75. The van der Waals surface area contributed by atoms with E-state index >= 15 is 4.39 Å². The van der Waals surface area contributed by atoms with Crippen molar-refractivity contribution in [3.8, 4) is 11.1 Å². The summed E-state index contributed by atoms with van der Waals surface area (Å²) < 4.78 is 33.1. The molecule has 1 unspecified atom stereocenters. The van der Waals surface area contributed by atoms with Crippen molar-refractivity contribution in [1.82, 2.24) is 14.5 Å². The van der Waals surface area contributed by atoms with Crippen LogP contribution in [0.1, 0.15) is 31.7 Å². The van der Waals surface area contributed by atoms with Crippen LogP contribution in [0.3, 0.4) is 0 Å². The number of nitrogens with two attached hydrogens (primary N) is 1. The molecule has 5 rings (SSSR count).